The van der Waals surface area contributed by atoms with Crippen LogP contribution in [-0.4, -0.2) is 42.5 Å². The van der Waals surface area contributed by atoms with Gasteiger partial charge in [-0.1, -0.05) is 12.1 Å². The lowest BCUT2D eigenvalue weighted by Crippen LogP contribution is -2.43. The predicted octanol–water partition coefficient (Wildman–Crippen LogP) is 2.12. The lowest BCUT2D eigenvalue weighted by atomic mass is 10.2. The van der Waals surface area contributed by atoms with Crippen LogP contribution in [0.1, 0.15) is 20.8 Å². The third kappa shape index (κ3) is 3.82. The second kappa shape index (κ2) is 6.74. The minimum absolute atomic E-state index is 0.00913. The summed E-state index contributed by atoms with van der Waals surface area (Å²) in [7, 11) is -4.11. The molecule has 0 fully saturated rings. The van der Waals surface area contributed by atoms with E-state index in [2.05, 4.69) is 4.98 Å². The van der Waals surface area contributed by atoms with Crippen molar-refractivity contribution in [3.05, 3.63) is 36.7 Å². The first-order valence-electron chi connectivity index (χ1n) is 7.45. The van der Waals surface area contributed by atoms with Gasteiger partial charge in [0.1, 0.15) is 5.60 Å². The highest BCUT2D eigenvalue weighted by Gasteiger charge is 2.33. The molecule has 0 aliphatic heterocycles. The Morgan fingerprint density at radius 2 is 2.00 bits per heavy atom. The molecule has 0 radical (unpaired) electrons. The molecule has 24 heavy (non-hydrogen) atoms. The number of sulfonamides is 1. The molecule has 2 N–H and O–H groups in total. The van der Waals surface area contributed by atoms with Crippen LogP contribution in [0.3, 0.4) is 0 Å². The molecule has 8 heteroatoms. The minimum atomic E-state index is -4.11. The zero-order valence-corrected chi connectivity index (χ0v) is 14.7. The lowest BCUT2D eigenvalue weighted by Gasteiger charge is -2.27. The summed E-state index contributed by atoms with van der Waals surface area (Å²) in [5, 5.41) is 1.15. The van der Waals surface area contributed by atoms with Crippen LogP contribution >= 0.6 is 0 Å². The number of hydrogen-bond donors (Lipinski definition) is 1. The smallest absolute Gasteiger partial charge is 0.424 e. The number of amides is 1. The fraction of sp³-hybridized carbons (Fsp3) is 0.375. The van der Waals surface area contributed by atoms with Gasteiger partial charge in [0.25, 0.3) is 10.0 Å². The average Bonchev–Trinajstić information content (AvgIpc) is 2.50. The van der Waals surface area contributed by atoms with E-state index in [0.717, 1.165) is 0 Å². The predicted molar refractivity (Wildman–Crippen MR) is 90.9 cm³/mol. The van der Waals surface area contributed by atoms with Gasteiger partial charge >= 0.3 is 6.09 Å². The van der Waals surface area contributed by atoms with Crippen molar-refractivity contribution in [2.75, 3.05) is 13.1 Å². The lowest BCUT2D eigenvalue weighted by molar-refractivity contribution is 0.0394. The Kier molecular flexibility index (Phi) is 5.10. The van der Waals surface area contributed by atoms with E-state index in [1.165, 1.54) is 12.3 Å². The van der Waals surface area contributed by atoms with E-state index in [4.69, 9.17) is 10.5 Å². The van der Waals surface area contributed by atoms with Gasteiger partial charge < -0.3 is 10.5 Å². The SMILES string of the molecule is CC(C)(C)OC(=O)N(CCN)S(=O)(=O)c1cccc2cnccc12. The van der Waals surface area contributed by atoms with E-state index in [0.29, 0.717) is 15.1 Å². The number of nitrogens with two attached hydrogens (primary N) is 1. The molecule has 0 bridgehead atoms. The molecule has 0 atom stereocenters. The van der Waals surface area contributed by atoms with E-state index in [1.807, 2.05) is 0 Å². The Hall–Kier alpha value is -2.19. The van der Waals surface area contributed by atoms with Crippen LogP contribution in [0.4, 0.5) is 4.79 Å². The van der Waals surface area contributed by atoms with Crippen LogP contribution in [0.5, 0.6) is 0 Å². The number of hydrogen-bond acceptors (Lipinski definition) is 6. The number of pyridine rings is 1. The third-order valence-electron chi connectivity index (χ3n) is 3.14. The van der Waals surface area contributed by atoms with Crippen LogP contribution in [0.2, 0.25) is 0 Å². The quantitative estimate of drug-likeness (QED) is 0.905. The Bertz CT molecular complexity index is 839. The number of fused-ring (bicyclic) bond motifs is 1. The number of carbonyl (C=O) groups excluding carboxylic acids is 1. The molecule has 0 saturated heterocycles. The molecule has 0 unspecified atom stereocenters. The maximum atomic E-state index is 13.0. The molecular formula is C16H21N3O4S. The topological polar surface area (TPSA) is 103 Å². The zero-order chi connectivity index (χ0) is 18.0. The largest absolute Gasteiger partial charge is 0.443 e. The second-order valence-electron chi connectivity index (χ2n) is 6.20. The Balaban J connectivity index is 2.53. The van der Waals surface area contributed by atoms with E-state index >= 15 is 0 Å². The van der Waals surface area contributed by atoms with Gasteiger partial charge in [0.05, 0.1) is 11.4 Å². The Morgan fingerprint density at radius 1 is 1.29 bits per heavy atom. The molecule has 0 spiro atoms. The van der Waals surface area contributed by atoms with Crippen molar-refractivity contribution >= 4 is 26.9 Å². The number of carbonyl (C=O) groups is 1. The van der Waals surface area contributed by atoms with Crippen molar-refractivity contribution in [3.8, 4) is 0 Å². The molecular weight excluding hydrogens is 330 g/mol. The average molecular weight is 351 g/mol. The van der Waals surface area contributed by atoms with Crippen molar-refractivity contribution in [2.45, 2.75) is 31.3 Å². The second-order valence-corrected chi connectivity index (χ2v) is 8.03. The fourth-order valence-corrected chi connectivity index (χ4v) is 3.71. The summed E-state index contributed by atoms with van der Waals surface area (Å²) in [6.07, 6.45) is 2.12. The van der Waals surface area contributed by atoms with E-state index in [1.54, 1.807) is 45.2 Å². The number of ether oxygens (including phenoxy) is 1. The van der Waals surface area contributed by atoms with Crippen molar-refractivity contribution in [1.29, 1.82) is 0 Å². The molecule has 1 aromatic heterocycles. The molecule has 1 amide bonds. The van der Waals surface area contributed by atoms with Gasteiger partial charge in [0.2, 0.25) is 0 Å². The summed E-state index contributed by atoms with van der Waals surface area (Å²) < 4.78 is 31.9. The van der Waals surface area contributed by atoms with Crippen molar-refractivity contribution in [3.63, 3.8) is 0 Å². The fourth-order valence-electron chi connectivity index (χ4n) is 2.18. The first-order chi connectivity index (χ1) is 11.2. The highest BCUT2D eigenvalue weighted by atomic mass is 32.2. The summed E-state index contributed by atoms with van der Waals surface area (Å²) in [5.74, 6) is 0. The number of nitrogens with zero attached hydrogens (tertiary/aromatic N) is 2. The minimum Gasteiger partial charge on any atom is -0.443 e. The van der Waals surface area contributed by atoms with Crippen LogP contribution in [0.25, 0.3) is 10.8 Å². The van der Waals surface area contributed by atoms with E-state index in [9.17, 15) is 13.2 Å². The highest BCUT2D eigenvalue weighted by molar-refractivity contribution is 7.89. The summed E-state index contributed by atoms with van der Waals surface area (Å²) in [6, 6.07) is 6.40. The molecule has 7 nitrogen and oxygen atoms in total. The molecule has 2 rings (SSSR count). The summed E-state index contributed by atoms with van der Waals surface area (Å²) in [4.78, 5) is 16.4. The van der Waals surface area contributed by atoms with Gasteiger partial charge in [0.15, 0.2) is 0 Å². The maximum absolute atomic E-state index is 13.0. The summed E-state index contributed by atoms with van der Waals surface area (Å²) in [5.41, 5.74) is 4.68. The molecule has 2 aromatic rings. The first-order valence-corrected chi connectivity index (χ1v) is 8.89. The molecule has 130 valence electrons. The van der Waals surface area contributed by atoms with Gasteiger partial charge in [-0.2, -0.15) is 4.31 Å². The zero-order valence-electron chi connectivity index (χ0n) is 13.9. The maximum Gasteiger partial charge on any atom is 0.424 e. The van der Waals surface area contributed by atoms with Gasteiger partial charge in [-0.25, -0.2) is 13.2 Å². The number of benzene rings is 1. The first kappa shape index (κ1) is 18.2. The van der Waals surface area contributed by atoms with Gasteiger partial charge in [0, 0.05) is 29.7 Å². The van der Waals surface area contributed by atoms with Crippen molar-refractivity contribution < 1.29 is 17.9 Å². The molecule has 0 aliphatic carbocycles. The summed E-state index contributed by atoms with van der Waals surface area (Å²) in [6.45, 7) is 4.83. The highest BCUT2D eigenvalue weighted by Crippen LogP contribution is 2.26. The van der Waals surface area contributed by atoms with Crippen LogP contribution < -0.4 is 5.73 Å². The summed E-state index contributed by atoms with van der Waals surface area (Å²) >= 11 is 0. The molecule has 1 aromatic carbocycles. The van der Waals surface area contributed by atoms with E-state index < -0.39 is 21.7 Å². The standard InChI is InChI=1S/C16H21N3O4S/c1-16(2,3)23-15(20)19(10-8-17)24(21,22)14-6-4-5-12-11-18-9-7-13(12)14/h4-7,9,11H,8,10,17H2,1-3H3. The van der Waals surface area contributed by atoms with Gasteiger partial charge in [-0.05, 0) is 32.9 Å². The number of aromatic nitrogens is 1. The van der Waals surface area contributed by atoms with E-state index in [-0.39, 0.29) is 18.0 Å². The van der Waals surface area contributed by atoms with Gasteiger partial charge in [-0.15, -0.1) is 0 Å². The molecule has 0 saturated carbocycles. The van der Waals surface area contributed by atoms with Crippen molar-refractivity contribution in [1.82, 2.24) is 9.29 Å². The van der Waals surface area contributed by atoms with Crippen LogP contribution in [0, 0.1) is 0 Å². The van der Waals surface area contributed by atoms with Crippen LogP contribution in [0.15, 0.2) is 41.6 Å². The number of rotatable bonds is 4. The molecule has 1 heterocycles. The third-order valence-corrected chi connectivity index (χ3v) is 4.96. The van der Waals surface area contributed by atoms with Crippen molar-refractivity contribution in [2.24, 2.45) is 5.73 Å². The van der Waals surface area contributed by atoms with Crippen LogP contribution in [-0.2, 0) is 14.8 Å². The molecule has 0 aliphatic rings. The van der Waals surface area contributed by atoms with Gasteiger partial charge in [-0.3, -0.25) is 4.98 Å². The normalized spacial score (nSPS) is 12.2. The Morgan fingerprint density at radius 3 is 2.62 bits per heavy atom. The monoisotopic (exact) mass is 351 g/mol. The Labute approximate surface area is 141 Å².